The second-order valence-corrected chi connectivity index (χ2v) is 3.05. The van der Waals surface area contributed by atoms with Gasteiger partial charge in [0.25, 0.3) is 0 Å². The smallest absolute Gasteiger partial charge is 0.128 e. The quantitative estimate of drug-likeness (QED) is 0.757. The van der Waals surface area contributed by atoms with Crippen LogP contribution in [-0.2, 0) is 4.74 Å². The van der Waals surface area contributed by atoms with E-state index in [-0.39, 0.29) is 12.4 Å². The van der Waals surface area contributed by atoms with Crippen LogP contribution < -0.4 is 10.6 Å². The van der Waals surface area contributed by atoms with Crippen LogP contribution in [0.2, 0.25) is 0 Å². The summed E-state index contributed by atoms with van der Waals surface area (Å²) in [7, 11) is 0. The number of ether oxygens (including phenoxy) is 1. The summed E-state index contributed by atoms with van der Waals surface area (Å²) < 4.78 is 5.25. The molecule has 4 nitrogen and oxygen atoms in total. The molecule has 0 saturated carbocycles. The Morgan fingerprint density at radius 2 is 2.00 bits per heavy atom. The Bertz CT molecular complexity index is 272. The zero-order valence-corrected chi connectivity index (χ0v) is 8.67. The van der Waals surface area contributed by atoms with Crippen LogP contribution in [0.25, 0.3) is 0 Å². The first-order valence-corrected chi connectivity index (χ1v) is 4.40. The van der Waals surface area contributed by atoms with Crippen molar-refractivity contribution in [2.45, 2.75) is 0 Å². The average molecular weight is 216 g/mol. The molecule has 1 aromatic heterocycles. The van der Waals surface area contributed by atoms with Gasteiger partial charge in [0.05, 0.1) is 25.1 Å². The number of anilines is 2. The molecule has 78 valence electrons. The highest BCUT2D eigenvalue weighted by Crippen LogP contribution is 2.13. The highest BCUT2D eigenvalue weighted by molar-refractivity contribution is 5.85. The fourth-order valence-corrected chi connectivity index (χ4v) is 1.38. The summed E-state index contributed by atoms with van der Waals surface area (Å²) in [5.74, 6) is 0.984. The summed E-state index contributed by atoms with van der Waals surface area (Å²) in [6.07, 6.45) is 1.69. The number of nitrogens with zero attached hydrogens (tertiary/aromatic N) is 2. The maximum Gasteiger partial charge on any atom is 0.128 e. The van der Waals surface area contributed by atoms with Gasteiger partial charge in [-0.05, 0) is 12.1 Å². The summed E-state index contributed by atoms with van der Waals surface area (Å²) in [5.41, 5.74) is 6.26. The van der Waals surface area contributed by atoms with Gasteiger partial charge < -0.3 is 15.4 Å². The van der Waals surface area contributed by atoms with Crippen LogP contribution in [0.5, 0.6) is 0 Å². The fraction of sp³-hybridized carbons (Fsp3) is 0.444. The van der Waals surface area contributed by atoms with Crippen molar-refractivity contribution in [3.8, 4) is 0 Å². The van der Waals surface area contributed by atoms with Gasteiger partial charge in [0.15, 0.2) is 0 Å². The molecule has 1 saturated heterocycles. The Morgan fingerprint density at radius 1 is 1.29 bits per heavy atom. The molecule has 1 aromatic rings. The summed E-state index contributed by atoms with van der Waals surface area (Å²) >= 11 is 0. The molecule has 0 radical (unpaired) electrons. The topological polar surface area (TPSA) is 51.4 Å². The molecule has 2 rings (SSSR count). The summed E-state index contributed by atoms with van der Waals surface area (Å²) in [6.45, 7) is 3.39. The maximum atomic E-state index is 5.55. The van der Waals surface area contributed by atoms with Gasteiger partial charge in [-0.25, -0.2) is 4.98 Å². The van der Waals surface area contributed by atoms with Gasteiger partial charge >= 0.3 is 0 Å². The number of halogens is 1. The Labute approximate surface area is 89.5 Å². The van der Waals surface area contributed by atoms with Gasteiger partial charge in [-0.3, -0.25) is 0 Å². The number of morpholine rings is 1. The number of hydrogen-bond acceptors (Lipinski definition) is 4. The number of aromatic nitrogens is 1. The van der Waals surface area contributed by atoms with Crippen molar-refractivity contribution in [3.63, 3.8) is 0 Å². The number of hydrogen-bond donors (Lipinski definition) is 1. The first-order chi connectivity index (χ1) is 6.36. The van der Waals surface area contributed by atoms with Crippen LogP contribution in [0.3, 0.4) is 0 Å². The van der Waals surface area contributed by atoms with E-state index in [1.54, 1.807) is 6.20 Å². The Hall–Kier alpha value is -1.00. The third kappa shape index (κ3) is 2.49. The van der Waals surface area contributed by atoms with Crippen LogP contribution in [0.15, 0.2) is 18.3 Å². The lowest BCUT2D eigenvalue weighted by Crippen LogP contribution is -2.36. The molecule has 0 spiro atoms. The largest absolute Gasteiger partial charge is 0.397 e. The molecule has 0 aliphatic carbocycles. The van der Waals surface area contributed by atoms with Crippen molar-refractivity contribution >= 4 is 23.9 Å². The van der Waals surface area contributed by atoms with E-state index in [0.29, 0.717) is 5.69 Å². The third-order valence-electron chi connectivity index (χ3n) is 2.11. The summed E-state index contributed by atoms with van der Waals surface area (Å²) in [5, 5.41) is 0. The molecule has 0 aromatic carbocycles. The fourth-order valence-electron chi connectivity index (χ4n) is 1.38. The van der Waals surface area contributed by atoms with E-state index in [0.717, 1.165) is 32.1 Å². The number of nitrogen functional groups attached to an aromatic ring is 1. The van der Waals surface area contributed by atoms with E-state index in [2.05, 4.69) is 9.88 Å². The van der Waals surface area contributed by atoms with E-state index in [4.69, 9.17) is 10.5 Å². The predicted molar refractivity (Wildman–Crippen MR) is 58.9 cm³/mol. The Balaban J connectivity index is 0.000000980. The second-order valence-electron chi connectivity index (χ2n) is 3.05. The van der Waals surface area contributed by atoms with Crippen LogP contribution in [0.1, 0.15) is 0 Å². The van der Waals surface area contributed by atoms with E-state index in [1.807, 2.05) is 12.1 Å². The van der Waals surface area contributed by atoms with Crippen molar-refractivity contribution in [3.05, 3.63) is 18.3 Å². The zero-order chi connectivity index (χ0) is 9.10. The predicted octanol–water partition coefficient (Wildman–Crippen LogP) is 0.922. The molecular weight excluding hydrogens is 202 g/mol. The summed E-state index contributed by atoms with van der Waals surface area (Å²) in [6, 6.07) is 3.82. The van der Waals surface area contributed by atoms with Crippen molar-refractivity contribution in [2.75, 3.05) is 36.9 Å². The van der Waals surface area contributed by atoms with Crippen molar-refractivity contribution in [1.29, 1.82) is 0 Å². The standard InChI is InChI=1S/C9H13N3O.ClH/c10-8-1-2-9(11-7-8)12-3-5-13-6-4-12;/h1-2,7H,3-6,10H2;1H. The highest BCUT2D eigenvalue weighted by Gasteiger charge is 2.11. The van der Waals surface area contributed by atoms with Crippen LogP contribution >= 0.6 is 12.4 Å². The van der Waals surface area contributed by atoms with E-state index < -0.39 is 0 Å². The lowest BCUT2D eigenvalue weighted by atomic mass is 10.3. The number of pyridine rings is 1. The van der Waals surface area contributed by atoms with Crippen LogP contribution in [0.4, 0.5) is 11.5 Å². The average Bonchev–Trinajstić information content (AvgIpc) is 2.20. The number of rotatable bonds is 1. The molecule has 2 heterocycles. The molecular formula is C9H14ClN3O. The normalized spacial score (nSPS) is 16.1. The Kier molecular flexibility index (Phi) is 3.98. The Morgan fingerprint density at radius 3 is 2.57 bits per heavy atom. The van der Waals surface area contributed by atoms with Gasteiger partial charge in [-0.15, -0.1) is 12.4 Å². The maximum absolute atomic E-state index is 5.55. The molecule has 14 heavy (non-hydrogen) atoms. The number of nitrogens with two attached hydrogens (primary N) is 1. The van der Waals surface area contributed by atoms with Crippen LogP contribution in [0, 0.1) is 0 Å². The van der Waals surface area contributed by atoms with E-state index >= 15 is 0 Å². The van der Waals surface area contributed by atoms with Crippen molar-refractivity contribution in [1.82, 2.24) is 4.98 Å². The van der Waals surface area contributed by atoms with Crippen molar-refractivity contribution < 1.29 is 4.74 Å². The monoisotopic (exact) mass is 215 g/mol. The lowest BCUT2D eigenvalue weighted by Gasteiger charge is -2.27. The lowest BCUT2D eigenvalue weighted by molar-refractivity contribution is 0.122. The minimum Gasteiger partial charge on any atom is -0.397 e. The van der Waals surface area contributed by atoms with Crippen LogP contribution in [-0.4, -0.2) is 31.3 Å². The molecule has 0 bridgehead atoms. The van der Waals surface area contributed by atoms with Crippen molar-refractivity contribution in [2.24, 2.45) is 0 Å². The highest BCUT2D eigenvalue weighted by atomic mass is 35.5. The third-order valence-corrected chi connectivity index (χ3v) is 2.11. The molecule has 5 heteroatoms. The molecule has 0 amide bonds. The second kappa shape index (κ2) is 5.02. The molecule has 2 N–H and O–H groups in total. The zero-order valence-electron chi connectivity index (χ0n) is 7.85. The molecule has 1 aliphatic heterocycles. The minimum atomic E-state index is 0. The van der Waals surface area contributed by atoms with Gasteiger partial charge in [0.1, 0.15) is 5.82 Å². The SMILES string of the molecule is Cl.Nc1ccc(N2CCOCC2)nc1. The minimum absolute atomic E-state index is 0. The van der Waals surface area contributed by atoms with Gasteiger partial charge in [-0.2, -0.15) is 0 Å². The molecule has 0 unspecified atom stereocenters. The van der Waals surface area contributed by atoms with E-state index in [9.17, 15) is 0 Å². The first kappa shape index (κ1) is 11.1. The van der Waals surface area contributed by atoms with Gasteiger partial charge in [-0.1, -0.05) is 0 Å². The summed E-state index contributed by atoms with van der Waals surface area (Å²) in [4.78, 5) is 6.44. The molecule has 1 fully saturated rings. The molecule has 0 atom stereocenters. The van der Waals surface area contributed by atoms with Gasteiger partial charge in [0, 0.05) is 13.1 Å². The first-order valence-electron chi connectivity index (χ1n) is 4.40. The molecule has 1 aliphatic rings. The van der Waals surface area contributed by atoms with Gasteiger partial charge in [0.2, 0.25) is 0 Å². The van der Waals surface area contributed by atoms with E-state index in [1.165, 1.54) is 0 Å².